The highest BCUT2D eigenvalue weighted by Crippen LogP contribution is 2.27. The lowest BCUT2D eigenvalue weighted by molar-refractivity contribution is 0.101. The molecule has 2 N–H and O–H groups in total. The van der Waals surface area contributed by atoms with Crippen LogP contribution in [0.4, 0.5) is 11.4 Å². The molecular weight excluding hydrogens is 492 g/mol. The van der Waals surface area contributed by atoms with Crippen LogP contribution in [0.5, 0.6) is 5.75 Å². The molecule has 0 saturated carbocycles. The number of nitrogens with one attached hydrogen (secondary N) is 2. The SMILES string of the molecule is O=C(Nc1ccccc1)c1cccc(NC(=O)c2ccc(OCCc3ccccc3)c(Br)c2)c1. The minimum Gasteiger partial charge on any atom is -0.492 e. The van der Waals surface area contributed by atoms with E-state index in [0.29, 0.717) is 39.3 Å². The molecule has 34 heavy (non-hydrogen) atoms. The van der Waals surface area contributed by atoms with Crippen molar-refractivity contribution in [1.82, 2.24) is 0 Å². The van der Waals surface area contributed by atoms with Gasteiger partial charge in [0.25, 0.3) is 11.8 Å². The zero-order valence-corrected chi connectivity index (χ0v) is 19.9. The van der Waals surface area contributed by atoms with Gasteiger partial charge in [-0.25, -0.2) is 0 Å². The first-order valence-corrected chi connectivity index (χ1v) is 11.6. The molecule has 2 amide bonds. The van der Waals surface area contributed by atoms with Crippen LogP contribution in [0, 0.1) is 0 Å². The van der Waals surface area contributed by atoms with Crippen molar-refractivity contribution in [3.05, 3.63) is 124 Å². The molecule has 0 heterocycles. The Bertz CT molecular complexity index is 1280. The number of halogens is 1. The molecular formula is C28H23BrN2O3. The number of amides is 2. The third-order valence-electron chi connectivity index (χ3n) is 5.10. The second-order valence-electron chi connectivity index (χ2n) is 7.58. The highest BCUT2D eigenvalue weighted by atomic mass is 79.9. The summed E-state index contributed by atoms with van der Waals surface area (Å²) in [5.41, 5.74) is 3.36. The van der Waals surface area contributed by atoms with Crippen LogP contribution in [0.3, 0.4) is 0 Å². The number of anilines is 2. The molecule has 0 radical (unpaired) electrons. The second kappa shape index (κ2) is 11.3. The van der Waals surface area contributed by atoms with E-state index in [-0.39, 0.29) is 11.8 Å². The van der Waals surface area contributed by atoms with Gasteiger partial charge in [0.15, 0.2) is 0 Å². The number of carbonyl (C=O) groups excluding carboxylic acids is 2. The monoisotopic (exact) mass is 514 g/mol. The molecule has 0 fully saturated rings. The zero-order chi connectivity index (χ0) is 23.8. The lowest BCUT2D eigenvalue weighted by atomic mass is 10.1. The van der Waals surface area contributed by atoms with Crippen LogP contribution in [0.2, 0.25) is 0 Å². The van der Waals surface area contributed by atoms with Crippen molar-refractivity contribution >= 4 is 39.1 Å². The van der Waals surface area contributed by atoms with Gasteiger partial charge in [0, 0.05) is 28.9 Å². The number of benzene rings is 4. The summed E-state index contributed by atoms with van der Waals surface area (Å²) in [6, 6.07) is 31.4. The van der Waals surface area contributed by atoms with E-state index in [4.69, 9.17) is 4.74 Å². The largest absolute Gasteiger partial charge is 0.492 e. The second-order valence-corrected chi connectivity index (χ2v) is 8.44. The molecule has 4 aromatic carbocycles. The lowest BCUT2D eigenvalue weighted by Crippen LogP contribution is -2.14. The predicted molar refractivity (Wildman–Crippen MR) is 139 cm³/mol. The maximum absolute atomic E-state index is 12.8. The smallest absolute Gasteiger partial charge is 0.255 e. The summed E-state index contributed by atoms with van der Waals surface area (Å²) in [7, 11) is 0. The van der Waals surface area contributed by atoms with Gasteiger partial charge in [-0.1, -0.05) is 54.6 Å². The van der Waals surface area contributed by atoms with E-state index in [1.165, 1.54) is 5.56 Å². The van der Waals surface area contributed by atoms with Crippen LogP contribution >= 0.6 is 15.9 Å². The normalized spacial score (nSPS) is 10.4. The van der Waals surface area contributed by atoms with Crippen LogP contribution in [0.15, 0.2) is 108 Å². The van der Waals surface area contributed by atoms with Gasteiger partial charge in [-0.2, -0.15) is 0 Å². The highest BCUT2D eigenvalue weighted by molar-refractivity contribution is 9.10. The van der Waals surface area contributed by atoms with Crippen LogP contribution in [0.1, 0.15) is 26.3 Å². The van der Waals surface area contributed by atoms with Gasteiger partial charge in [0.1, 0.15) is 5.75 Å². The average molecular weight is 515 g/mol. The van der Waals surface area contributed by atoms with E-state index < -0.39 is 0 Å². The molecule has 6 heteroatoms. The first-order valence-electron chi connectivity index (χ1n) is 10.8. The standard InChI is InChI=1S/C28H23BrN2O3/c29-25-19-22(14-15-26(25)34-17-16-20-8-3-1-4-9-20)28(33)31-24-13-7-10-21(18-24)27(32)30-23-11-5-2-6-12-23/h1-15,18-19H,16-17H2,(H,30,32)(H,31,33). The lowest BCUT2D eigenvalue weighted by Gasteiger charge is -2.11. The number of carbonyl (C=O) groups is 2. The van der Waals surface area contributed by atoms with Crippen molar-refractivity contribution in [3.63, 3.8) is 0 Å². The quantitative estimate of drug-likeness (QED) is 0.279. The predicted octanol–water partition coefficient (Wildman–Crippen LogP) is 6.58. The van der Waals surface area contributed by atoms with Gasteiger partial charge < -0.3 is 15.4 Å². The topological polar surface area (TPSA) is 67.4 Å². The molecule has 0 aliphatic heterocycles. The van der Waals surface area contributed by atoms with Crippen molar-refractivity contribution in [2.75, 3.05) is 17.2 Å². The zero-order valence-electron chi connectivity index (χ0n) is 18.3. The maximum Gasteiger partial charge on any atom is 0.255 e. The third kappa shape index (κ3) is 6.33. The van der Waals surface area contributed by atoms with Crippen molar-refractivity contribution in [2.45, 2.75) is 6.42 Å². The van der Waals surface area contributed by atoms with Crippen molar-refractivity contribution in [2.24, 2.45) is 0 Å². The molecule has 0 unspecified atom stereocenters. The molecule has 0 aliphatic rings. The van der Waals surface area contributed by atoms with E-state index in [2.05, 4.69) is 38.7 Å². The maximum atomic E-state index is 12.8. The summed E-state index contributed by atoms with van der Waals surface area (Å²) >= 11 is 3.49. The summed E-state index contributed by atoms with van der Waals surface area (Å²) in [6.45, 7) is 0.534. The Morgan fingerprint density at radius 3 is 2.00 bits per heavy atom. The number of para-hydroxylation sites is 1. The summed E-state index contributed by atoms with van der Waals surface area (Å²) in [4.78, 5) is 25.3. The van der Waals surface area contributed by atoms with Crippen molar-refractivity contribution in [3.8, 4) is 5.75 Å². The first kappa shape index (κ1) is 23.3. The molecule has 5 nitrogen and oxygen atoms in total. The van der Waals surface area contributed by atoms with E-state index in [1.807, 2.05) is 48.5 Å². The fourth-order valence-electron chi connectivity index (χ4n) is 3.35. The van der Waals surface area contributed by atoms with Gasteiger partial charge in [-0.05, 0) is 70.0 Å². The summed E-state index contributed by atoms with van der Waals surface area (Å²) in [6.07, 6.45) is 0.795. The molecule has 4 rings (SSSR count). The van der Waals surface area contributed by atoms with Crippen LogP contribution < -0.4 is 15.4 Å². The Morgan fingerprint density at radius 2 is 1.29 bits per heavy atom. The van der Waals surface area contributed by atoms with Gasteiger partial charge in [0.05, 0.1) is 11.1 Å². The Balaban J connectivity index is 1.36. The van der Waals surface area contributed by atoms with Gasteiger partial charge in [0.2, 0.25) is 0 Å². The minimum absolute atomic E-state index is 0.248. The minimum atomic E-state index is -0.280. The molecule has 0 aromatic heterocycles. The van der Waals surface area contributed by atoms with E-state index in [9.17, 15) is 9.59 Å². The van der Waals surface area contributed by atoms with Gasteiger partial charge in [-0.15, -0.1) is 0 Å². The molecule has 0 atom stereocenters. The van der Waals surface area contributed by atoms with Gasteiger partial charge in [-0.3, -0.25) is 9.59 Å². The third-order valence-corrected chi connectivity index (χ3v) is 5.72. The summed E-state index contributed by atoms with van der Waals surface area (Å²) in [5, 5.41) is 5.69. The molecule has 4 aromatic rings. The Labute approximate surface area is 206 Å². The van der Waals surface area contributed by atoms with Crippen molar-refractivity contribution < 1.29 is 14.3 Å². The van der Waals surface area contributed by atoms with Gasteiger partial charge >= 0.3 is 0 Å². The summed E-state index contributed by atoms with van der Waals surface area (Å²) in [5.74, 6) is 0.145. The Morgan fingerprint density at radius 1 is 0.676 bits per heavy atom. The van der Waals surface area contributed by atoms with E-state index in [1.54, 1.807) is 42.5 Å². The van der Waals surface area contributed by atoms with Crippen LogP contribution in [0.25, 0.3) is 0 Å². The number of hydrogen-bond donors (Lipinski definition) is 2. The Kier molecular flexibility index (Phi) is 7.73. The molecule has 0 aliphatic carbocycles. The van der Waals surface area contributed by atoms with E-state index >= 15 is 0 Å². The summed E-state index contributed by atoms with van der Waals surface area (Å²) < 4.78 is 6.56. The molecule has 0 saturated heterocycles. The molecule has 170 valence electrons. The fraction of sp³-hybridized carbons (Fsp3) is 0.0714. The number of rotatable bonds is 8. The molecule has 0 spiro atoms. The highest BCUT2D eigenvalue weighted by Gasteiger charge is 2.12. The van der Waals surface area contributed by atoms with Crippen molar-refractivity contribution in [1.29, 1.82) is 0 Å². The van der Waals surface area contributed by atoms with Crippen LogP contribution in [-0.4, -0.2) is 18.4 Å². The number of ether oxygens (including phenoxy) is 1. The number of hydrogen-bond acceptors (Lipinski definition) is 3. The molecule has 0 bridgehead atoms. The van der Waals surface area contributed by atoms with Crippen LogP contribution in [-0.2, 0) is 6.42 Å². The average Bonchev–Trinajstić information content (AvgIpc) is 2.86. The van der Waals surface area contributed by atoms with E-state index in [0.717, 1.165) is 6.42 Å². The fourth-order valence-corrected chi connectivity index (χ4v) is 3.84. The Hall–Kier alpha value is -3.90. The first-order chi connectivity index (χ1) is 16.6.